The zero-order valence-electron chi connectivity index (χ0n) is 30.2. The van der Waals surface area contributed by atoms with Gasteiger partial charge < -0.3 is 30.6 Å². The Morgan fingerprint density at radius 3 is 1.78 bits per heavy atom. The molecule has 12 nitrogen and oxygen atoms in total. The average molecular weight is 696 g/mol. The predicted octanol–water partition coefficient (Wildman–Crippen LogP) is 2.28. The number of phenols is 1. The van der Waals surface area contributed by atoms with Crippen LogP contribution < -0.4 is 16.0 Å². The molecule has 0 bridgehead atoms. The highest BCUT2D eigenvalue weighted by Crippen LogP contribution is 2.19. The summed E-state index contributed by atoms with van der Waals surface area (Å²) in [4.78, 5) is 78.0. The van der Waals surface area contributed by atoms with Gasteiger partial charge in [-0.15, -0.1) is 0 Å². The molecule has 0 saturated heterocycles. The Labute approximate surface area is 295 Å². The number of hydrogen-bond acceptors (Lipinski definition) is 8. The molecule has 12 heteroatoms. The molecular weight excluding hydrogens is 640 g/mol. The number of amides is 3. The molecule has 2 aromatic rings. The number of carbonyl (C=O) groups is 6. The number of unbranched alkanes of at least 4 members (excludes halogenated alkanes) is 1. The molecule has 0 unspecified atom stereocenters. The van der Waals surface area contributed by atoms with Gasteiger partial charge in [0.05, 0.1) is 46.4 Å². The first-order valence-corrected chi connectivity index (χ1v) is 17.2. The van der Waals surface area contributed by atoms with Gasteiger partial charge in [0.15, 0.2) is 17.3 Å². The van der Waals surface area contributed by atoms with Crippen molar-refractivity contribution >= 4 is 35.1 Å². The second-order valence-corrected chi connectivity index (χ2v) is 14.2. The normalized spacial score (nSPS) is 14.4. The number of phenolic OH excluding ortho intramolecular Hbond substituents is 1. The van der Waals surface area contributed by atoms with Crippen LogP contribution in [0.25, 0.3) is 0 Å². The van der Waals surface area contributed by atoms with Crippen molar-refractivity contribution in [1.29, 1.82) is 0 Å². The van der Waals surface area contributed by atoms with E-state index in [1.807, 2.05) is 30.3 Å². The van der Waals surface area contributed by atoms with Crippen LogP contribution in [-0.2, 0) is 41.6 Å². The summed E-state index contributed by atoms with van der Waals surface area (Å²) in [5.74, 6) is -4.25. The topological polar surface area (TPSA) is 179 Å². The van der Waals surface area contributed by atoms with Gasteiger partial charge in [0.1, 0.15) is 11.8 Å². The minimum atomic E-state index is -1.10. The zero-order valence-corrected chi connectivity index (χ0v) is 30.2. The number of carbonyl (C=O) groups excluding carboxylic acids is 6. The van der Waals surface area contributed by atoms with Crippen LogP contribution in [0.15, 0.2) is 54.6 Å². The van der Waals surface area contributed by atoms with Gasteiger partial charge in [0.25, 0.3) is 0 Å². The number of aromatic hydroxyl groups is 1. The summed E-state index contributed by atoms with van der Waals surface area (Å²) in [6, 6.07) is 12.4. The quantitative estimate of drug-likeness (QED) is 0.0920. The van der Waals surface area contributed by atoms with Crippen molar-refractivity contribution in [3.05, 3.63) is 65.7 Å². The Kier molecular flexibility index (Phi) is 17.0. The molecule has 50 heavy (non-hydrogen) atoms. The molecule has 0 aliphatic heterocycles. The lowest BCUT2D eigenvalue weighted by molar-refractivity contribution is -0.870. The van der Waals surface area contributed by atoms with Gasteiger partial charge in [-0.2, -0.15) is 0 Å². The molecule has 0 saturated carbocycles. The number of hydrogen-bond donors (Lipinski definition) is 5. The van der Waals surface area contributed by atoms with Gasteiger partial charge >= 0.3 is 0 Å². The number of ketones is 3. The van der Waals surface area contributed by atoms with E-state index in [1.54, 1.807) is 19.1 Å². The maximum atomic E-state index is 13.9. The molecule has 0 aliphatic rings. The van der Waals surface area contributed by atoms with E-state index in [4.69, 9.17) is 0 Å². The Bertz CT molecular complexity index is 1440. The molecule has 0 aromatic heterocycles. The average Bonchev–Trinajstić information content (AvgIpc) is 3.04. The summed E-state index contributed by atoms with van der Waals surface area (Å²) in [6.45, 7) is 4.43. The minimum Gasteiger partial charge on any atom is -0.508 e. The summed E-state index contributed by atoms with van der Waals surface area (Å²) >= 11 is 0. The van der Waals surface area contributed by atoms with Crippen molar-refractivity contribution < 1.29 is 43.5 Å². The summed E-state index contributed by atoms with van der Waals surface area (Å²) < 4.78 is 0.728. The molecule has 0 radical (unpaired) electrons. The lowest BCUT2D eigenvalue weighted by Gasteiger charge is -2.26. The number of aliphatic hydroxyl groups excluding tert-OH is 1. The van der Waals surface area contributed by atoms with E-state index in [9.17, 15) is 39.0 Å². The third kappa shape index (κ3) is 15.4. The zero-order chi connectivity index (χ0) is 37.4. The van der Waals surface area contributed by atoms with Crippen LogP contribution in [0.3, 0.4) is 0 Å². The fourth-order valence-electron chi connectivity index (χ4n) is 5.56. The second-order valence-electron chi connectivity index (χ2n) is 14.2. The summed E-state index contributed by atoms with van der Waals surface area (Å²) in [5, 5.41) is 27.5. The van der Waals surface area contributed by atoms with E-state index in [0.717, 1.165) is 23.0 Å². The molecule has 274 valence electrons. The molecule has 0 aliphatic carbocycles. The molecule has 3 amide bonds. The maximum absolute atomic E-state index is 13.9. The first-order valence-electron chi connectivity index (χ1n) is 17.2. The van der Waals surface area contributed by atoms with Gasteiger partial charge in [-0.1, -0.05) is 49.4 Å². The van der Waals surface area contributed by atoms with Crippen LogP contribution in [0.2, 0.25) is 0 Å². The van der Waals surface area contributed by atoms with Crippen molar-refractivity contribution in [2.45, 2.75) is 83.8 Å². The Balaban J connectivity index is 2.27. The van der Waals surface area contributed by atoms with Crippen molar-refractivity contribution in [3.8, 4) is 5.75 Å². The van der Waals surface area contributed by atoms with E-state index in [1.165, 1.54) is 26.0 Å². The van der Waals surface area contributed by atoms with Gasteiger partial charge in [0, 0.05) is 31.6 Å². The fourth-order valence-corrected chi connectivity index (χ4v) is 5.56. The van der Waals surface area contributed by atoms with Crippen LogP contribution in [-0.4, -0.2) is 102 Å². The Morgan fingerprint density at radius 1 is 0.700 bits per heavy atom. The van der Waals surface area contributed by atoms with Crippen molar-refractivity contribution in [2.75, 3.05) is 34.3 Å². The molecule has 0 heterocycles. The molecule has 5 N–H and O–H groups in total. The first-order chi connectivity index (χ1) is 23.5. The molecular formula is C38H55N4O8+. The van der Waals surface area contributed by atoms with Gasteiger partial charge in [-0.05, 0) is 62.3 Å². The minimum absolute atomic E-state index is 0.0338. The van der Waals surface area contributed by atoms with Gasteiger partial charge in [0.2, 0.25) is 17.7 Å². The van der Waals surface area contributed by atoms with Crippen molar-refractivity contribution in [1.82, 2.24) is 16.0 Å². The lowest BCUT2D eigenvalue weighted by Crippen LogP contribution is -2.48. The van der Waals surface area contributed by atoms with E-state index in [2.05, 4.69) is 37.1 Å². The number of rotatable bonds is 22. The third-order valence-corrected chi connectivity index (χ3v) is 8.52. The van der Waals surface area contributed by atoms with Crippen LogP contribution in [0.5, 0.6) is 5.75 Å². The molecule has 0 fully saturated rings. The highest BCUT2D eigenvalue weighted by atomic mass is 16.3. The van der Waals surface area contributed by atoms with Crippen LogP contribution >= 0.6 is 0 Å². The molecule has 2 rings (SSSR count). The van der Waals surface area contributed by atoms with Crippen LogP contribution in [0, 0.1) is 11.8 Å². The van der Waals surface area contributed by atoms with E-state index < -0.39 is 59.9 Å². The van der Waals surface area contributed by atoms with Gasteiger partial charge in [-0.3, -0.25) is 28.8 Å². The maximum Gasteiger partial charge on any atom is 0.224 e. The van der Waals surface area contributed by atoms with Crippen LogP contribution in [0.4, 0.5) is 0 Å². The van der Waals surface area contributed by atoms with E-state index in [-0.39, 0.29) is 43.1 Å². The number of aliphatic hydroxyl groups is 1. The highest BCUT2D eigenvalue weighted by Gasteiger charge is 2.32. The smallest absolute Gasteiger partial charge is 0.224 e. The Morgan fingerprint density at radius 2 is 1.24 bits per heavy atom. The van der Waals surface area contributed by atoms with Crippen molar-refractivity contribution in [3.63, 3.8) is 0 Å². The Hall–Kier alpha value is -4.42. The second kappa shape index (κ2) is 20.3. The number of nitrogens with zero attached hydrogens (tertiary/aromatic N) is 1. The predicted molar refractivity (Wildman–Crippen MR) is 190 cm³/mol. The highest BCUT2D eigenvalue weighted by molar-refractivity contribution is 5.96. The summed E-state index contributed by atoms with van der Waals surface area (Å²) in [6.07, 6.45) is 1.69. The van der Waals surface area contributed by atoms with Gasteiger partial charge in [-0.25, -0.2) is 0 Å². The monoisotopic (exact) mass is 695 g/mol. The summed E-state index contributed by atoms with van der Waals surface area (Å²) in [5.41, 5.74) is 1.50. The van der Waals surface area contributed by atoms with E-state index >= 15 is 0 Å². The molecule has 0 spiro atoms. The van der Waals surface area contributed by atoms with Crippen molar-refractivity contribution in [2.24, 2.45) is 11.8 Å². The number of benzene rings is 2. The standard InChI is InChI=1S/C38H54N4O8/c1-25(20-35(47)32(39-27(3)45)21-28-12-8-7-9-13-28)37(49)40-33(22-29-15-17-31(46)18-16-29)36(48)23-30(14-10-11-19-42(4,5)6)38(50)41-34(24-43)26(2)44/h7-9,12-13,15-18,25,30,32-34,43H,10-11,14,19-24H2,1-6H3,(H3-,39,40,41,45,46,49,50)/p+1/t25-,30-,32+,33+,34+/m1/s1. The largest absolute Gasteiger partial charge is 0.508 e. The third-order valence-electron chi connectivity index (χ3n) is 8.52. The van der Waals surface area contributed by atoms with Crippen LogP contribution in [0.1, 0.15) is 64.0 Å². The molecule has 5 atom stereocenters. The summed E-state index contributed by atoms with van der Waals surface area (Å²) in [7, 11) is 6.17. The number of nitrogens with one attached hydrogen (secondary N) is 3. The lowest BCUT2D eigenvalue weighted by atomic mass is 9.89. The van der Waals surface area contributed by atoms with E-state index in [0.29, 0.717) is 18.4 Å². The SMILES string of the molecule is CC(=O)N[C@@H](Cc1ccccc1)C(=O)C[C@@H](C)C(=O)N[C@@H](Cc1ccc(O)cc1)C(=O)C[C@@H](CCCC[N+](C)(C)C)C(=O)N[C@@H](CO)C(C)=O. The number of Topliss-reactive ketones (excluding diaryl/α,β-unsaturated/α-hetero) is 3. The first kappa shape index (κ1) is 41.7. The molecule has 2 aromatic carbocycles. The fraction of sp³-hybridized carbons (Fsp3) is 0.526. The number of quaternary nitrogens is 1.